The maximum absolute atomic E-state index is 13.4. The number of hydrogen-bond acceptors (Lipinski definition) is 5. The summed E-state index contributed by atoms with van der Waals surface area (Å²) in [6.07, 6.45) is -4.91. The molecule has 0 aliphatic carbocycles. The summed E-state index contributed by atoms with van der Waals surface area (Å²) in [5.41, 5.74) is 0.165. The predicted octanol–water partition coefficient (Wildman–Crippen LogP) is 2.82. The molecular weight excluding hydrogens is 384 g/mol. The summed E-state index contributed by atoms with van der Waals surface area (Å²) < 4.78 is 54.5. The van der Waals surface area contributed by atoms with Crippen molar-refractivity contribution in [2.45, 2.75) is 6.36 Å². The Bertz CT molecular complexity index is 1090. The van der Waals surface area contributed by atoms with Crippen molar-refractivity contribution in [1.82, 2.24) is 0 Å². The first-order valence-electron chi connectivity index (χ1n) is 7.70. The van der Waals surface area contributed by atoms with Gasteiger partial charge in [-0.25, -0.2) is 4.39 Å². The minimum Gasteiger partial charge on any atom is -0.406 e. The van der Waals surface area contributed by atoms with Crippen molar-refractivity contribution in [2.75, 3.05) is 10.6 Å². The summed E-state index contributed by atoms with van der Waals surface area (Å²) >= 11 is 0. The lowest BCUT2D eigenvalue weighted by molar-refractivity contribution is -0.274. The first-order chi connectivity index (χ1) is 13.2. The fourth-order valence-electron chi connectivity index (χ4n) is 2.75. The summed E-state index contributed by atoms with van der Waals surface area (Å²) in [4.78, 5) is 24.1. The second-order valence-corrected chi connectivity index (χ2v) is 5.75. The predicted molar refractivity (Wildman–Crippen MR) is 89.9 cm³/mol. The topological polar surface area (TPSA) is 92.2 Å². The molecule has 0 saturated carbocycles. The van der Waals surface area contributed by atoms with Crippen LogP contribution in [0.4, 0.5) is 28.9 Å². The molecule has 2 amide bonds. The summed E-state index contributed by atoms with van der Waals surface area (Å²) in [5, 5.41) is 12.3. The molecule has 0 saturated heterocycles. The van der Waals surface area contributed by atoms with E-state index in [1.807, 2.05) is 0 Å². The molecule has 0 bridgehead atoms. The highest BCUT2D eigenvalue weighted by atomic mass is 19.4. The number of benzene rings is 2. The van der Waals surface area contributed by atoms with Gasteiger partial charge in [0, 0.05) is 11.1 Å². The van der Waals surface area contributed by atoms with Crippen LogP contribution in [-0.2, 0) is 9.59 Å². The highest BCUT2D eigenvalue weighted by Gasteiger charge is 2.33. The Hall–Kier alpha value is -3.76. The smallest absolute Gasteiger partial charge is 0.406 e. The Morgan fingerprint density at radius 2 is 1.36 bits per heavy atom. The molecule has 7 nitrogen and oxygen atoms in total. The summed E-state index contributed by atoms with van der Waals surface area (Å²) in [7, 11) is 0. The van der Waals surface area contributed by atoms with Crippen LogP contribution >= 0.6 is 0 Å². The number of ether oxygens (including phenoxy) is 1. The third-order valence-electron chi connectivity index (χ3n) is 3.89. The molecule has 2 aromatic rings. The van der Waals surface area contributed by atoms with Gasteiger partial charge in [-0.3, -0.25) is 9.59 Å². The third-order valence-corrected chi connectivity index (χ3v) is 3.89. The molecule has 2 aliphatic heterocycles. The van der Waals surface area contributed by atoms with Crippen LogP contribution in [0.15, 0.2) is 46.6 Å². The number of halogens is 4. The first kappa shape index (κ1) is 17.6. The van der Waals surface area contributed by atoms with E-state index in [2.05, 4.69) is 25.6 Å². The fourth-order valence-corrected chi connectivity index (χ4v) is 2.75. The lowest BCUT2D eigenvalue weighted by atomic mass is 10.1. The van der Waals surface area contributed by atoms with E-state index in [0.717, 1.165) is 24.3 Å². The van der Waals surface area contributed by atoms with E-state index < -0.39 is 29.7 Å². The van der Waals surface area contributed by atoms with Gasteiger partial charge in [-0.1, -0.05) is 0 Å². The van der Waals surface area contributed by atoms with Crippen molar-refractivity contribution in [3.05, 3.63) is 53.3 Å². The molecule has 142 valence electrons. The van der Waals surface area contributed by atoms with E-state index in [9.17, 15) is 27.2 Å². The van der Waals surface area contributed by atoms with Gasteiger partial charge in [0.2, 0.25) is 0 Å². The van der Waals surface area contributed by atoms with Crippen molar-refractivity contribution in [2.24, 2.45) is 10.2 Å². The van der Waals surface area contributed by atoms with Gasteiger partial charge in [-0.15, -0.1) is 23.4 Å². The number of amides is 2. The van der Waals surface area contributed by atoms with Gasteiger partial charge in [0.1, 0.15) is 11.6 Å². The molecule has 0 unspecified atom stereocenters. The van der Waals surface area contributed by atoms with Gasteiger partial charge in [0.05, 0.1) is 11.4 Å². The Balaban J connectivity index is 1.73. The standard InChI is InChI=1S/C17H8F4N4O3/c18-7-1-3-11-9(5-7)13(15(26)22-11)24-25-14-10-6-8(28-17(19,20)21)2-4-12(10)23-16(14)27/h1-6H,(H,22,24,26)(H,23,25,27). The quantitative estimate of drug-likeness (QED) is 0.608. The third kappa shape index (κ3) is 3.17. The number of rotatable bonds is 2. The SMILES string of the molecule is O=C1Nc2ccc(F)cc2/C1=N/N=C1\C(=O)Nc2ccc(OC(F)(F)F)cc21. The molecular formula is C17H8F4N4O3. The molecule has 0 radical (unpaired) electrons. The highest BCUT2D eigenvalue weighted by molar-refractivity contribution is 6.55. The maximum Gasteiger partial charge on any atom is 0.573 e. The van der Waals surface area contributed by atoms with E-state index in [-0.39, 0.29) is 28.2 Å². The first-order valence-corrected chi connectivity index (χ1v) is 7.70. The monoisotopic (exact) mass is 392 g/mol. The number of anilines is 2. The van der Waals surface area contributed by atoms with Crippen molar-refractivity contribution in [3.63, 3.8) is 0 Å². The van der Waals surface area contributed by atoms with Crippen molar-refractivity contribution >= 4 is 34.6 Å². The fraction of sp³-hybridized carbons (Fsp3) is 0.0588. The number of nitrogens with zero attached hydrogens (tertiary/aromatic N) is 2. The van der Waals surface area contributed by atoms with Crippen LogP contribution in [-0.4, -0.2) is 29.6 Å². The number of hydrogen-bond donors (Lipinski definition) is 2. The van der Waals surface area contributed by atoms with Gasteiger partial charge in [-0.05, 0) is 36.4 Å². The molecule has 2 heterocycles. The van der Waals surface area contributed by atoms with Crippen LogP contribution in [0, 0.1) is 5.82 Å². The summed E-state index contributed by atoms with van der Waals surface area (Å²) in [6.45, 7) is 0. The number of nitrogens with one attached hydrogen (secondary N) is 2. The molecule has 0 fully saturated rings. The second kappa shape index (κ2) is 6.15. The Kier molecular flexibility index (Phi) is 3.87. The van der Waals surface area contributed by atoms with Crippen molar-refractivity contribution in [3.8, 4) is 5.75 Å². The lowest BCUT2D eigenvalue weighted by Gasteiger charge is -2.09. The normalized spacial score (nSPS) is 18.1. The molecule has 28 heavy (non-hydrogen) atoms. The molecule has 2 aliphatic rings. The summed E-state index contributed by atoms with van der Waals surface area (Å²) in [5.74, 6) is -2.53. The molecule has 0 aromatic heterocycles. The average Bonchev–Trinajstić information content (AvgIpc) is 3.07. The zero-order chi connectivity index (χ0) is 20.1. The number of fused-ring (bicyclic) bond motifs is 2. The minimum absolute atomic E-state index is 0.0222. The average molecular weight is 392 g/mol. The largest absolute Gasteiger partial charge is 0.573 e. The molecule has 2 N–H and O–H groups in total. The van der Waals surface area contributed by atoms with Crippen LogP contribution in [0.3, 0.4) is 0 Å². The molecule has 0 atom stereocenters. The number of alkyl halides is 3. The van der Waals surface area contributed by atoms with Crippen LogP contribution in [0.2, 0.25) is 0 Å². The van der Waals surface area contributed by atoms with Crippen LogP contribution in [0.25, 0.3) is 0 Å². The highest BCUT2D eigenvalue weighted by Crippen LogP contribution is 2.31. The van der Waals surface area contributed by atoms with E-state index in [0.29, 0.717) is 5.69 Å². The zero-order valence-electron chi connectivity index (χ0n) is 13.6. The Morgan fingerprint density at radius 3 is 1.93 bits per heavy atom. The lowest BCUT2D eigenvalue weighted by Crippen LogP contribution is -2.17. The maximum atomic E-state index is 13.4. The van der Waals surface area contributed by atoms with Gasteiger partial charge in [0.25, 0.3) is 11.8 Å². The van der Waals surface area contributed by atoms with Crippen molar-refractivity contribution in [1.29, 1.82) is 0 Å². The van der Waals surface area contributed by atoms with Gasteiger partial charge in [-0.2, -0.15) is 0 Å². The number of carbonyl (C=O) groups excluding carboxylic acids is 2. The molecule has 4 rings (SSSR count). The van der Waals surface area contributed by atoms with Gasteiger partial charge >= 0.3 is 6.36 Å². The van der Waals surface area contributed by atoms with Crippen LogP contribution < -0.4 is 15.4 Å². The van der Waals surface area contributed by atoms with Crippen LogP contribution in [0.5, 0.6) is 5.75 Å². The number of carbonyl (C=O) groups is 2. The second-order valence-electron chi connectivity index (χ2n) is 5.75. The van der Waals surface area contributed by atoms with E-state index in [1.54, 1.807) is 0 Å². The van der Waals surface area contributed by atoms with E-state index >= 15 is 0 Å². The zero-order valence-corrected chi connectivity index (χ0v) is 13.6. The minimum atomic E-state index is -4.91. The van der Waals surface area contributed by atoms with E-state index in [1.165, 1.54) is 12.1 Å². The van der Waals surface area contributed by atoms with Gasteiger partial charge < -0.3 is 15.4 Å². The van der Waals surface area contributed by atoms with Crippen molar-refractivity contribution < 1.29 is 31.9 Å². The summed E-state index contributed by atoms with van der Waals surface area (Å²) in [6, 6.07) is 6.79. The van der Waals surface area contributed by atoms with Gasteiger partial charge in [0.15, 0.2) is 11.4 Å². The Morgan fingerprint density at radius 1 is 0.821 bits per heavy atom. The molecule has 0 spiro atoms. The van der Waals surface area contributed by atoms with Crippen LogP contribution in [0.1, 0.15) is 11.1 Å². The Labute approximate surface area is 153 Å². The van der Waals surface area contributed by atoms with E-state index in [4.69, 9.17) is 0 Å². The molecule has 2 aromatic carbocycles. The molecule has 11 heteroatoms.